The summed E-state index contributed by atoms with van der Waals surface area (Å²) in [5.74, 6) is -0.122. The standard InChI is InChI=1S/C18H24N4O4/c1-13(2)21-12-14(11-17(21)23)18(24)20-9-7-19(8-10-20)15-3-5-16(6-4-15)22(25)26/h3-6,13-14H,7-12H2,1-2H3/t14-/m1/s1. The van der Waals surface area contributed by atoms with Crippen molar-refractivity contribution in [2.45, 2.75) is 26.3 Å². The molecule has 2 aliphatic rings. The van der Waals surface area contributed by atoms with Crippen LogP contribution in [0, 0.1) is 16.0 Å². The fraction of sp³-hybridized carbons (Fsp3) is 0.556. The zero-order valence-electron chi connectivity index (χ0n) is 15.1. The van der Waals surface area contributed by atoms with Gasteiger partial charge in [0, 0.05) is 63.0 Å². The monoisotopic (exact) mass is 360 g/mol. The van der Waals surface area contributed by atoms with Crippen molar-refractivity contribution >= 4 is 23.2 Å². The Bertz CT molecular complexity index is 696. The minimum Gasteiger partial charge on any atom is -0.368 e. The maximum absolute atomic E-state index is 12.7. The molecule has 1 atom stereocenters. The maximum atomic E-state index is 12.7. The number of hydrogen-bond acceptors (Lipinski definition) is 5. The first-order valence-electron chi connectivity index (χ1n) is 8.94. The molecule has 0 saturated carbocycles. The number of carbonyl (C=O) groups is 2. The minimum absolute atomic E-state index is 0.0582. The van der Waals surface area contributed by atoms with Crippen LogP contribution in [0.1, 0.15) is 20.3 Å². The second-order valence-corrected chi connectivity index (χ2v) is 7.13. The Morgan fingerprint density at radius 3 is 2.27 bits per heavy atom. The molecular weight excluding hydrogens is 336 g/mol. The molecule has 8 heteroatoms. The molecule has 26 heavy (non-hydrogen) atoms. The number of anilines is 1. The molecule has 0 spiro atoms. The van der Waals surface area contributed by atoms with E-state index in [0.29, 0.717) is 39.1 Å². The lowest BCUT2D eigenvalue weighted by Gasteiger charge is -2.37. The van der Waals surface area contributed by atoms with Gasteiger partial charge in [-0.25, -0.2) is 0 Å². The van der Waals surface area contributed by atoms with Crippen LogP contribution in [0.25, 0.3) is 0 Å². The second kappa shape index (κ2) is 7.31. The summed E-state index contributed by atoms with van der Waals surface area (Å²) in [5, 5.41) is 10.7. The molecule has 1 aromatic rings. The van der Waals surface area contributed by atoms with Crippen LogP contribution < -0.4 is 4.90 Å². The van der Waals surface area contributed by atoms with Gasteiger partial charge in [0.25, 0.3) is 5.69 Å². The number of benzene rings is 1. The summed E-state index contributed by atoms with van der Waals surface area (Å²) in [6.45, 7) is 7.00. The minimum atomic E-state index is -0.413. The van der Waals surface area contributed by atoms with Gasteiger partial charge in [-0.3, -0.25) is 19.7 Å². The lowest BCUT2D eigenvalue weighted by molar-refractivity contribution is -0.384. The maximum Gasteiger partial charge on any atom is 0.269 e. The van der Waals surface area contributed by atoms with Crippen molar-refractivity contribution in [3.8, 4) is 0 Å². The van der Waals surface area contributed by atoms with Crippen molar-refractivity contribution < 1.29 is 14.5 Å². The van der Waals surface area contributed by atoms with Gasteiger partial charge in [-0.05, 0) is 26.0 Å². The molecule has 0 aromatic heterocycles. The van der Waals surface area contributed by atoms with Gasteiger partial charge in [-0.1, -0.05) is 0 Å². The van der Waals surface area contributed by atoms with Crippen LogP contribution in [0.5, 0.6) is 0 Å². The molecule has 0 bridgehead atoms. The molecule has 0 unspecified atom stereocenters. The third-order valence-electron chi connectivity index (χ3n) is 5.15. The number of non-ortho nitro benzene ring substituents is 1. The molecule has 0 N–H and O–H groups in total. The normalized spacial score (nSPS) is 20.8. The SMILES string of the molecule is CC(C)N1C[C@H](C(=O)N2CCN(c3ccc([N+](=O)[O-])cc3)CC2)CC1=O. The van der Waals surface area contributed by atoms with Crippen LogP contribution in [-0.2, 0) is 9.59 Å². The van der Waals surface area contributed by atoms with Crippen molar-refractivity contribution in [1.29, 1.82) is 0 Å². The Morgan fingerprint density at radius 1 is 1.15 bits per heavy atom. The molecule has 2 fully saturated rings. The fourth-order valence-electron chi connectivity index (χ4n) is 3.62. The lowest BCUT2D eigenvalue weighted by Crippen LogP contribution is -2.50. The van der Waals surface area contributed by atoms with Crippen molar-refractivity contribution in [1.82, 2.24) is 9.80 Å². The molecule has 0 radical (unpaired) electrons. The molecular formula is C18H24N4O4. The van der Waals surface area contributed by atoms with E-state index in [0.717, 1.165) is 5.69 Å². The van der Waals surface area contributed by atoms with E-state index in [4.69, 9.17) is 0 Å². The number of carbonyl (C=O) groups excluding carboxylic acids is 2. The first-order valence-corrected chi connectivity index (χ1v) is 8.94. The number of nitro benzene ring substituents is 1. The summed E-state index contributed by atoms with van der Waals surface area (Å²) in [5.41, 5.74) is 0.993. The van der Waals surface area contributed by atoms with Crippen LogP contribution in [0.4, 0.5) is 11.4 Å². The number of piperazine rings is 1. The summed E-state index contributed by atoms with van der Waals surface area (Å²) in [4.78, 5) is 40.8. The average Bonchev–Trinajstić information content (AvgIpc) is 3.03. The van der Waals surface area contributed by atoms with E-state index in [-0.39, 0.29) is 29.5 Å². The van der Waals surface area contributed by atoms with E-state index < -0.39 is 4.92 Å². The van der Waals surface area contributed by atoms with Gasteiger partial charge in [-0.2, -0.15) is 0 Å². The highest BCUT2D eigenvalue weighted by Gasteiger charge is 2.38. The van der Waals surface area contributed by atoms with Gasteiger partial charge in [0.1, 0.15) is 0 Å². The molecule has 2 heterocycles. The lowest BCUT2D eigenvalue weighted by atomic mass is 10.1. The smallest absolute Gasteiger partial charge is 0.269 e. The summed E-state index contributed by atoms with van der Waals surface area (Å²) >= 11 is 0. The Morgan fingerprint density at radius 2 is 1.77 bits per heavy atom. The van der Waals surface area contributed by atoms with Crippen LogP contribution in [0.3, 0.4) is 0 Å². The highest BCUT2D eigenvalue weighted by Crippen LogP contribution is 2.24. The number of amides is 2. The van der Waals surface area contributed by atoms with Crippen molar-refractivity contribution in [3.05, 3.63) is 34.4 Å². The first kappa shape index (κ1) is 18.2. The third kappa shape index (κ3) is 3.63. The molecule has 2 saturated heterocycles. The number of nitrogens with zero attached hydrogens (tertiary/aromatic N) is 4. The summed E-state index contributed by atoms with van der Waals surface area (Å²) in [7, 11) is 0. The quantitative estimate of drug-likeness (QED) is 0.600. The van der Waals surface area contributed by atoms with Gasteiger partial charge in [0.15, 0.2) is 0 Å². The predicted molar refractivity (Wildman–Crippen MR) is 96.8 cm³/mol. The van der Waals surface area contributed by atoms with Crippen LogP contribution >= 0.6 is 0 Å². The second-order valence-electron chi connectivity index (χ2n) is 7.13. The summed E-state index contributed by atoms with van der Waals surface area (Å²) < 4.78 is 0. The van der Waals surface area contributed by atoms with Crippen molar-refractivity contribution in [2.75, 3.05) is 37.6 Å². The van der Waals surface area contributed by atoms with E-state index in [1.807, 2.05) is 18.7 Å². The van der Waals surface area contributed by atoms with Gasteiger partial charge in [0.2, 0.25) is 11.8 Å². The van der Waals surface area contributed by atoms with Gasteiger partial charge in [0.05, 0.1) is 10.8 Å². The molecule has 0 aliphatic carbocycles. The number of likely N-dealkylation sites (tertiary alicyclic amines) is 1. The van der Waals surface area contributed by atoms with E-state index in [9.17, 15) is 19.7 Å². The van der Waals surface area contributed by atoms with Gasteiger partial charge in [-0.15, -0.1) is 0 Å². The summed E-state index contributed by atoms with van der Waals surface area (Å²) in [6.07, 6.45) is 0.305. The highest BCUT2D eigenvalue weighted by molar-refractivity contribution is 5.89. The van der Waals surface area contributed by atoms with E-state index in [1.54, 1.807) is 17.0 Å². The van der Waals surface area contributed by atoms with Crippen LogP contribution in [0.2, 0.25) is 0 Å². The topological polar surface area (TPSA) is 87.0 Å². The van der Waals surface area contributed by atoms with E-state index in [1.165, 1.54) is 12.1 Å². The first-order chi connectivity index (χ1) is 12.4. The molecule has 2 amide bonds. The Labute approximate surface area is 152 Å². The number of nitro groups is 1. The zero-order valence-corrected chi connectivity index (χ0v) is 15.1. The number of rotatable bonds is 4. The average molecular weight is 360 g/mol. The molecule has 8 nitrogen and oxygen atoms in total. The summed E-state index contributed by atoms with van der Waals surface area (Å²) in [6, 6.07) is 6.60. The van der Waals surface area contributed by atoms with Crippen LogP contribution in [-0.4, -0.2) is 65.3 Å². The third-order valence-corrected chi connectivity index (χ3v) is 5.15. The van der Waals surface area contributed by atoms with E-state index >= 15 is 0 Å². The predicted octanol–water partition coefficient (Wildman–Crippen LogP) is 1.50. The zero-order chi connectivity index (χ0) is 18.8. The fourth-order valence-corrected chi connectivity index (χ4v) is 3.62. The van der Waals surface area contributed by atoms with Crippen molar-refractivity contribution in [3.63, 3.8) is 0 Å². The molecule has 1 aromatic carbocycles. The van der Waals surface area contributed by atoms with Crippen molar-refractivity contribution in [2.24, 2.45) is 5.92 Å². The number of hydrogen-bond donors (Lipinski definition) is 0. The molecule has 2 aliphatic heterocycles. The Kier molecular flexibility index (Phi) is 5.11. The van der Waals surface area contributed by atoms with Gasteiger partial charge < -0.3 is 14.7 Å². The van der Waals surface area contributed by atoms with Gasteiger partial charge >= 0.3 is 0 Å². The van der Waals surface area contributed by atoms with E-state index in [2.05, 4.69) is 4.90 Å². The Balaban J connectivity index is 1.56. The largest absolute Gasteiger partial charge is 0.368 e. The molecule has 3 rings (SSSR count). The Hall–Kier alpha value is -2.64. The van der Waals surface area contributed by atoms with Crippen LogP contribution in [0.15, 0.2) is 24.3 Å². The molecule has 140 valence electrons. The highest BCUT2D eigenvalue weighted by atomic mass is 16.6.